The smallest absolute Gasteiger partial charge is 0.168 e. The van der Waals surface area contributed by atoms with Crippen molar-refractivity contribution >= 4 is 65.6 Å². The Morgan fingerprint density at radius 3 is 1.61 bits per heavy atom. The van der Waals surface area contributed by atoms with Crippen molar-refractivity contribution in [2.24, 2.45) is 0 Å². The Hall–Kier alpha value is -8.48. The standard InChI is InChI=1S/C56H35N5O/c1-3-17-36(18-4-1)55-57-58-56(59(55)38-19-5-2-6-20-38)37-31-32-43-41-23-8-13-27-47(41)60(50(43)35-37)46-26-12-7-21-39(46)40-22-9-14-28-48(40)61-49-29-15-10-24-42(49)44-33-34-52-53(54(44)61)45-25-11-16-30-51(45)62-52/h1-35H. The highest BCUT2D eigenvalue weighted by Crippen LogP contribution is 2.44. The number of aromatic nitrogens is 5. The van der Waals surface area contributed by atoms with Gasteiger partial charge in [-0.1, -0.05) is 152 Å². The van der Waals surface area contributed by atoms with Crippen LogP contribution in [0.1, 0.15) is 0 Å². The molecule has 62 heavy (non-hydrogen) atoms. The minimum absolute atomic E-state index is 0.775. The summed E-state index contributed by atoms with van der Waals surface area (Å²) in [4.78, 5) is 0. The highest BCUT2D eigenvalue weighted by Gasteiger charge is 2.24. The quantitative estimate of drug-likeness (QED) is 0.168. The Balaban J connectivity index is 1.07. The van der Waals surface area contributed by atoms with E-state index in [9.17, 15) is 0 Å². The van der Waals surface area contributed by atoms with Gasteiger partial charge in [0.1, 0.15) is 11.2 Å². The lowest BCUT2D eigenvalue weighted by Crippen LogP contribution is -2.02. The first-order valence-electron chi connectivity index (χ1n) is 20.9. The van der Waals surface area contributed by atoms with Crippen LogP contribution in [0.2, 0.25) is 0 Å². The van der Waals surface area contributed by atoms with Crippen molar-refractivity contribution in [1.82, 2.24) is 23.9 Å². The van der Waals surface area contributed by atoms with E-state index in [0.29, 0.717) is 0 Å². The van der Waals surface area contributed by atoms with Crippen LogP contribution in [0.15, 0.2) is 217 Å². The van der Waals surface area contributed by atoms with Crippen molar-refractivity contribution in [3.05, 3.63) is 212 Å². The first kappa shape index (κ1) is 34.4. The zero-order chi connectivity index (χ0) is 40.7. The van der Waals surface area contributed by atoms with E-state index in [1.807, 2.05) is 30.3 Å². The van der Waals surface area contributed by atoms with E-state index in [-0.39, 0.29) is 0 Å². The van der Waals surface area contributed by atoms with Gasteiger partial charge in [0.05, 0.1) is 38.8 Å². The minimum atomic E-state index is 0.775. The fraction of sp³-hybridized carbons (Fsp3) is 0. The van der Waals surface area contributed by atoms with E-state index in [1.165, 1.54) is 16.2 Å². The van der Waals surface area contributed by atoms with E-state index in [0.717, 1.165) is 100 Å². The topological polar surface area (TPSA) is 53.7 Å². The molecule has 0 atom stereocenters. The number of para-hydroxylation sites is 6. The molecule has 0 aliphatic rings. The van der Waals surface area contributed by atoms with Crippen molar-refractivity contribution in [3.8, 4) is 51.0 Å². The molecule has 4 aromatic heterocycles. The molecule has 0 saturated heterocycles. The molecule has 0 amide bonds. The maximum Gasteiger partial charge on any atom is 0.168 e. The molecule has 0 N–H and O–H groups in total. The largest absolute Gasteiger partial charge is 0.456 e. The first-order chi connectivity index (χ1) is 30.8. The third-order valence-corrected chi connectivity index (χ3v) is 12.4. The SMILES string of the molecule is c1ccc(-c2nnc(-c3ccc4c5ccccc5n(-c5ccccc5-c5ccccc5-n5c6ccccc6c6ccc7oc8ccccc8c7c65)c4c3)n2-c2ccccc2)cc1. The second-order valence-electron chi connectivity index (χ2n) is 15.8. The highest BCUT2D eigenvalue weighted by molar-refractivity contribution is 6.24. The van der Waals surface area contributed by atoms with Crippen LogP contribution in [-0.2, 0) is 0 Å². The van der Waals surface area contributed by atoms with Crippen LogP contribution in [0.5, 0.6) is 0 Å². The fourth-order valence-corrected chi connectivity index (χ4v) is 9.74. The molecule has 13 rings (SSSR count). The zero-order valence-electron chi connectivity index (χ0n) is 33.4. The van der Waals surface area contributed by atoms with Crippen LogP contribution in [0.3, 0.4) is 0 Å². The van der Waals surface area contributed by atoms with Gasteiger partial charge < -0.3 is 13.6 Å². The van der Waals surface area contributed by atoms with Crippen molar-refractivity contribution in [1.29, 1.82) is 0 Å². The summed E-state index contributed by atoms with van der Waals surface area (Å²) in [7, 11) is 0. The van der Waals surface area contributed by atoms with E-state index in [2.05, 4.69) is 196 Å². The molecule has 0 aliphatic heterocycles. The maximum absolute atomic E-state index is 6.48. The monoisotopic (exact) mass is 793 g/mol. The Bertz CT molecular complexity index is 3870. The van der Waals surface area contributed by atoms with Crippen LogP contribution in [0, 0.1) is 0 Å². The van der Waals surface area contributed by atoms with E-state index < -0.39 is 0 Å². The minimum Gasteiger partial charge on any atom is -0.456 e. The fourth-order valence-electron chi connectivity index (χ4n) is 9.74. The number of hydrogen-bond acceptors (Lipinski definition) is 3. The van der Waals surface area contributed by atoms with Crippen LogP contribution < -0.4 is 0 Å². The lowest BCUT2D eigenvalue weighted by molar-refractivity contribution is 0.669. The third-order valence-electron chi connectivity index (χ3n) is 12.4. The number of fused-ring (bicyclic) bond motifs is 10. The summed E-state index contributed by atoms with van der Waals surface area (Å²) in [6, 6.07) is 75.1. The first-order valence-corrected chi connectivity index (χ1v) is 20.9. The summed E-state index contributed by atoms with van der Waals surface area (Å²) in [6.07, 6.45) is 0. The number of furan rings is 1. The average Bonchev–Trinajstić information content (AvgIpc) is 4.11. The van der Waals surface area contributed by atoms with E-state index >= 15 is 0 Å². The Morgan fingerprint density at radius 2 is 0.871 bits per heavy atom. The maximum atomic E-state index is 6.48. The molecule has 0 bridgehead atoms. The number of benzene rings is 9. The molecular weight excluding hydrogens is 759 g/mol. The van der Waals surface area contributed by atoms with Crippen molar-refractivity contribution < 1.29 is 4.42 Å². The zero-order valence-corrected chi connectivity index (χ0v) is 33.4. The molecular formula is C56H35N5O. The molecule has 0 aliphatic carbocycles. The van der Waals surface area contributed by atoms with Crippen LogP contribution in [0.4, 0.5) is 0 Å². The van der Waals surface area contributed by atoms with E-state index in [1.54, 1.807) is 0 Å². The number of nitrogens with zero attached hydrogens (tertiary/aromatic N) is 5. The van der Waals surface area contributed by atoms with Gasteiger partial charge in [-0.05, 0) is 60.7 Å². The van der Waals surface area contributed by atoms with Gasteiger partial charge in [0.25, 0.3) is 0 Å². The Kier molecular flexibility index (Phi) is 7.50. The summed E-state index contributed by atoms with van der Waals surface area (Å²) in [5.41, 5.74) is 13.6. The molecule has 4 heterocycles. The number of rotatable bonds is 6. The summed E-state index contributed by atoms with van der Waals surface area (Å²) >= 11 is 0. The Morgan fingerprint density at radius 1 is 0.339 bits per heavy atom. The van der Waals surface area contributed by atoms with Crippen molar-refractivity contribution in [3.63, 3.8) is 0 Å². The van der Waals surface area contributed by atoms with Gasteiger partial charge in [-0.15, -0.1) is 10.2 Å². The second kappa shape index (κ2) is 13.5. The lowest BCUT2D eigenvalue weighted by Gasteiger charge is -2.19. The van der Waals surface area contributed by atoms with Crippen LogP contribution in [-0.4, -0.2) is 23.9 Å². The van der Waals surface area contributed by atoms with Crippen molar-refractivity contribution in [2.75, 3.05) is 0 Å². The van der Waals surface area contributed by atoms with Gasteiger partial charge in [-0.2, -0.15) is 0 Å². The molecule has 6 heteroatoms. The molecule has 13 aromatic rings. The molecule has 0 radical (unpaired) electrons. The van der Waals surface area contributed by atoms with Gasteiger partial charge in [0, 0.05) is 54.9 Å². The Labute approximate surface area is 355 Å². The molecule has 0 fully saturated rings. The van der Waals surface area contributed by atoms with Gasteiger partial charge in [-0.3, -0.25) is 4.57 Å². The summed E-state index contributed by atoms with van der Waals surface area (Å²) < 4.78 is 13.5. The third kappa shape index (κ3) is 5.04. The van der Waals surface area contributed by atoms with Gasteiger partial charge in [-0.25, -0.2) is 0 Å². The molecule has 0 unspecified atom stereocenters. The van der Waals surface area contributed by atoms with Gasteiger partial charge >= 0.3 is 0 Å². The van der Waals surface area contributed by atoms with Crippen LogP contribution >= 0.6 is 0 Å². The summed E-state index contributed by atoms with van der Waals surface area (Å²) in [6.45, 7) is 0. The molecule has 0 saturated carbocycles. The highest BCUT2D eigenvalue weighted by atomic mass is 16.3. The summed E-state index contributed by atoms with van der Waals surface area (Å²) in [5.74, 6) is 1.57. The van der Waals surface area contributed by atoms with Crippen molar-refractivity contribution in [2.45, 2.75) is 0 Å². The van der Waals surface area contributed by atoms with E-state index in [4.69, 9.17) is 14.6 Å². The molecule has 9 aromatic carbocycles. The van der Waals surface area contributed by atoms with Crippen LogP contribution in [0.25, 0.3) is 117 Å². The number of hydrogen-bond donors (Lipinski definition) is 0. The summed E-state index contributed by atoms with van der Waals surface area (Å²) in [5, 5.41) is 16.7. The second-order valence-corrected chi connectivity index (χ2v) is 15.8. The van der Waals surface area contributed by atoms with Gasteiger partial charge in [0.15, 0.2) is 11.6 Å². The molecule has 6 nitrogen and oxygen atoms in total. The molecule has 290 valence electrons. The average molecular weight is 794 g/mol. The normalized spacial score (nSPS) is 11.9. The predicted octanol–water partition coefficient (Wildman–Crippen LogP) is 14.4. The molecule has 0 spiro atoms. The lowest BCUT2D eigenvalue weighted by atomic mass is 10.0. The van der Waals surface area contributed by atoms with Gasteiger partial charge in [0.2, 0.25) is 0 Å². The predicted molar refractivity (Wildman–Crippen MR) is 254 cm³/mol.